The first kappa shape index (κ1) is 34.7. The molecule has 7 rings (SSSR count). The van der Waals surface area contributed by atoms with Crippen molar-refractivity contribution in [3.8, 4) is 0 Å². The van der Waals surface area contributed by atoms with E-state index in [-0.39, 0.29) is 35.4 Å². The molecule has 51 heavy (non-hydrogen) atoms. The normalized spacial score (nSPS) is 25.0. The molecule has 2 aromatic heterocycles. The van der Waals surface area contributed by atoms with Crippen LogP contribution in [0.15, 0.2) is 61.0 Å². The van der Waals surface area contributed by atoms with Gasteiger partial charge in [-0.15, -0.1) is 0 Å². The smallest absolute Gasteiger partial charge is 0.407 e. The molecule has 270 valence electrons. The molecule has 1 aliphatic carbocycles. The molecule has 3 aliphatic heterocycles. The third-order valence-corrected chi connectivity index (χ3v) is 11.6. The predicted octanol–water partition coefficient (Wildman–Crippen LogP) is 5.99. The Kier molecular flexibility index (Phi) is 9.38. The van der Waals surface area contributed by atoms with E-state index in [4.69, 9.17) is 14.7 Å². The van der Waals surface area contributed by atoms with Crippen LogP contribution in [0.2, 0.25) is 0 Å². The van der Waals surface area contributed by atoms with Crippen molar-refractivity contribution in [3.05, 3.63) is 89.6 Å². The molecule has 5 heterocycles. The van der Waals surface area contributed by atoms with Gasteiger partial charge in [-0.05, 0) is 62.0 Å². The van der Waals surface area contributed by atoms with Gasteiger partial charge in [0.1, 0.15) is 17.7 Å². The molecule has 3 fully saturated rings. The molecule has 12 heteroatoms. The maximum absolute atomic E-state index is 13.9. The molecular formula is C39H49N7O5. The maximum atomic E-state index is 13.9. The zero-order valence-corrected chi connectivity index (χ0v) is 30.0. The zero-order valence-electron chi connectivity index (χ0n) is 30.0. The summed E-state index contributed by atoms with van der Waals surface area (Å²) in [5, 5.41) is 9.72. The van der Waals surface area contributed by atoms with Gasteiger partial charge in [-0.25, -0.2) is 14.8 Å². The number of likely N-dealkylation sites (tertiary alicyclic amines) is 2. The molecule has 0 saturated carbocycles. The van der Waals surface area contributed by atoms with Crippen molar-refractivity contribution in [2.75, 3.05) is 26.8 Å². The van der Waals surface area contributed by atoms with Gasteiger partial charge in [0.2, 0.25) is 11.8 Å². The number of benzene rings is 1. The molecule has 4 aliphatic rings. The summed E-state index contributed by atoms with van der Waals surface area (Å²) in [6.07, 6.45) is 14.9. The third-order valence-electron chi connectivity index (χ3n) is 11.6. The molecule has 3 aromatic rings. The summed E-state index contributed by atoms with van der Waals surface area (Å²) in [4.78, 5) is 61.3. The molecular weight excluding hydrogens is 646 g/mol. The summed E-state index contributed by atoms with van der Waals surface area (Å²) in [7, 11) is 1.46. The zero-order chi connectivity index (χ0) is 35.9. The minimum atomic E-state index is -1.13. The Morgan fingerprint density at radius 2 is 1.65 bits per heavy atom. The van der Waals surface area contributed by atoms with E-state index in [2.05, 4.69) is 45.2 Å². The van der Waals surface area contributed by atoms with Crippen molar-refractivity contribution < 1.29 is 24.2 Å². The second kappa shape index (κ2) is 13.8. The van der Waals surface area contributed by atoms with Crippen LogP contribution in [0.25, 0.3) is 5.57 Å². The molecule has 2 unspecified atom stereocenters. The van der Waals surface area contributed by atoms with E-state index in [1.807, 2.05) is 44.4 Å². The number of carboxylic acid groups (broad SMARTS) is 1. The minimum Gasteiger partial charge on any atom is -0.465 e. The fourth-order valence-corrected chi connectivity index (χ4v) is 9.01. The van der Waals surface area contributed by atoms with Crippen molar-refractivity contribution >= 4 is 23.5 Å². The van der Waals surface area contributed by atoms with E-state index in [9.17, 15) is 19.5 Å². The van der Waals surface area contributed by atoms with Crippen LogP contribution in [-0.2, 0) is 19.7 Å². The highest BCUT2D eigenvalue weighted by atomic mass is 16.5. The number of allylic oxidation sites excluding steroid dienone is 4. The van der Waals surface area contributed by atoms with E-state index < -0.39 is 17.6 Å². The van der Waals surface area contributed by atoms with Crippen LogP contribution in [-0.4, -0.2) is 96.0 Å². The number of H-pyrrole nitrogens is 2. The van der Waals surface area contributed by atoms with E-state index in [1.54, 1.807) is 11.8 Å². The molecule has 3 N–H and O–H groups in total. The average Bonchev–Trinajstić information content (AvgIpc) is 3.95. The lowest BCUT2D eigenvalue weighted by Gasteiger charge is -2.42. The van der Waals surface area contributed by atoms with Gasteiger partial charge >= 0.3 is 6.09 Å². The highest BCUT2D eigenvalue weighted by molar-refractivity contribution is 5.86. The number of hydrogen-bond acceptors (Lipinski definition) is 6. The highest BCUT2D eigenvalue weighted by Gasteiger charge is 2.50. The van der Waals surface area contributed by atoms with Gasteiger partial charge in [-0.2, -0.15) is 0 Å². The first-order chi connectivity index (χ1) is 24.5. The van der Waals surface area contributed by atoms with Gasteiger partial charge in [0.25, 0.3) is 0 Å². The van der Waals surface area contributed by atoms with Gasteiger partial charge in [0.15, 0.2) is 0 Å². The van der Waals surface area contributed by atoms with Gasteiger partial charge < -0.3 is 29.6 Å². The number of carbonyl (C=O) groups excluding carboxylic acids is 2. The van der Waals surface area contributed by atoms with E-state index in [0.717, 1.165) is 71.8 Å². The number of aromatic nitrogens is 4. The van der Waals surface area contributed by atoms with Crippen LogP contribution < -0.4 is 0 Å². The molecule has 1 aromatic carbocycles. The number of carbonyl (C=O) groups is 3. The predicted molar refractivity (Wildman–Crippen MR) is 192 cm³/mol. The van der Waals surface area contributed by atoms with Gasteiger partial charge in [0.05, 0.1) is 28.9 Å². The fourth-order valence-electron chi connectivity index (χ4n) is 9.01. The Balaban J connectivity index is 1.23. The van der Waals surface area contributed by atoms with Crippen molar-refractivity contribution in [2.24, 2.45) is 5.92 Å². The van der Waals surface area contributed by atoms with E-state index in [1.165, 1.54) is 7.05 Å². The number of amides is 3. The molecule has 0 radical (unpaired) electrons. The standard InChI is InChI=1S/C39H49N7O5/c1-25(2)33(44(4)37(49)50)36(48)45-20-8-11-29(45)34-40-23-31(42-34)39(16-12-28(13-17-39)27-9-6-5-7-10-27)32-24-41-35(43-32)30-14-15-38(46(30)26(3)47)18-21-51-22-19-38/h5-7,9-10,12-13,16,23-25,29-30,33H,8,11,14-15,17-22H2,1-4H3,(H,40,42)(H,41,43)(H,49,50)/t29-,30?,33-,39?/m0/s1. The molecule has 12 nitrogen and oxygen atoms in total. The molecule has 4 atom stereocenters. The van der Waals surface area contributed by atoms with E-state index >= 15 is 0 Å². The number of imidazole rings is 2. The monoisotopic (exact) mass is 695 g/mol. The summed E-state index contributed by atoms with van der Waals surface area (Å²) in [6, 6.07) is 9.03. The Morgan fingerprint density at radius 1 is 0.980 bits per heavy atom. The molecule has 1 spiro atoms. The van der Waals surface area contributed by atoms with Crippen LogP contribution in [0.4, 0.5) is 4.79 Å². The lowest BCUT2D eigenvalue weighted by atomic mass is 9.74. The quantitative estimate of drug-likeness (QED) is 0.262. The topological polar surface area (TPSA) is 148 Å². The summed E-state index contributed by atoms with van der Waals surface area (Å²) in [6.45, 7) is 7.25. The lowest BCUT2D eigenvalue weighted by Crippen LogP contribution is -2.51. The molecule has 3 saturated heterocycles. The number of rotatable bonds is 8. The maximum Gasteiger partial charge on any atom is 0.407 e. The second-order valence-corrected chi connectivity index (χ2v) is 14.9. The fraction of sp³-hybridized carbons (Fsp3) is 0.513. The molecule has 0 bridgehead atoms. The van der Waals surface area contributed by atoms with Crippen LogP contribution in [0, 0.1) is 5.92 Å². The minimum absolute atomic E-state index is 0.0573. The molecule has 3 amide bonds. The Morgan fingerprint density at radius 3 is 2.24 bits per heavy atom. The average molecular weight is 696 g/mol. The van der Waals surface area contributed by atoms with Crippen molar-refractivity contribution in [1.82, 2.24) is 34.6 Å². The summed E-state index contributed by atoms with van der Waals surface area (Å²) >= 11 is 0. The van der Waals surface area contributed by atoms with Crippen LogP contribution >= 0.6 is 0 Å². The summed E-state index contributed by atoms with van der Waals surface area (Å²) in [5.41, 5.74) is 2.93. The highest BCUT2D eigenvalue weighted by Crippen LogP contribution is 2.48. The van der Waals surface area contributed by atoms with Crippen LogP contribution in [0.3, 0.4) is 0 Å². The number of nitrogens with zero attached hydrogens (tertiary/aromatic N) is 5. The Labute approximate surface area is 299 Å². The number of nitrogens with one attached hydrogen (secondary N) is 2. The number of likely N-dealkylation sites (N-methyl/N-ethyl adjacent to an activating group) is 1. The van der Waals surface area contributed by atoms with Crippen molar-refractivity contribution in [1.29, 1.82) is 0 Å². The third kappa shape index (κ3) is 6.17. The summed E-state index contributed by atoms with van der Waals surface area (Å²) in [5.74, 6) is 1.12. The van der Waals surface area contributed by atoms with Crippen molar-refractivity contribution in [3.63, 3.8) is 0 Å². The van der Waals surface area contributed by atoms with Gasteiger partial charge in [-0.1, -0.05) is 62.4 Å². The number of aromatic amines is 2. The Bertz CT molecular complexity index is 1820. The van der Waals surface area contributed by atoms with Crippen LogP contribution in [0.1, 0.15) is 106 Å². The van der Waals surface area contributed by atoms with Crippen LogP contribution in [0.5, 0.6) is 0 Å². The largest absolute Gasteiger partial charge is 0.465 e. The summed E-state index contributed by atoms with van der Waals surface area (Å²) < 4.78 is 5.68. The van der Waals surface area contributed by atoms with E-state index in [0.29, 0.717) is 32.0 Å². The number of hydrogen-bond donors (Lipinski definition) is 3. The number of ether oxygens (including phenoxy) is 1. The Hall–Kier alpha value is -4.71. The van der Waals surface area contributed by atoms with Crippen molar-refractivity contribution in [2.45, 2.75) is 94.8 Å². The first-order valence-corrected chi connectivity index (χ1v) is 18.2. The van der Waals surface area contributed by atoms with Gasteiger partial charge in [0, 0.05) is 51.7 Å². The first-order valence-electron chi connectivity index (χ1n) is 18.2. The lowest BCUT2D eigenvalue weighted by molar-refractivity contribution is -0.140. The van der Waals surface area contributed by atoms with Gasteiger partial charge in [-0.3, -0.25) is 14.5 Å². The SMILES string of the molecule is CC(=O)N1C(c2nc(C3(c4c[nH]c([C@@H]5CCCN5C(=O)[C@H](C(C)C)N(C)C(=O)O)n4)C=CC(c4ccccc4)=CC3)c[nH]2)CCC12CCOCC2. The second-order valence-electron chi connectivity index (χ2n) is 14.9.